The predicted octanol–water partition coefficient (Wildman–Crippen LogP) is 2.81. The molecule has 0 aliphatic carbocycles. The molecule has 0 saturated carbocycles. The molecule has 1 aromatic rings. The highest BCUT2D eigenvalue weighted by atomic mass is 35.5. The molecule has 1 atom stereocenters. The number of halogens is 1. The molecule has 1 aliphatic heterocycles. The molecule has 0 spiro atoms. The van der Waals surface area contributed by atoms with E-state index in [0.29, 0.717) is 0 Å². The van der Waals surface area contributed by atoms with E-state index in [1.54, 1.807) is 0 Å². The lowest BCUT2D eigenvalue weighted by atomic mass is 10.3. The van der Waals surface area contributed by atoms with Gasteiger partial charge < -0.3 is 15.1 Å². The van der Waals surface area contributed by atoms with Crippen LogP contribution < -0.4 is 5.32 Å². The Morgan fingerprint density at radius 1 is 1.37 bits per heavy atom. The summed E-state index contributed by atoms with van der Waals surface area (Å²) in [5.74, 6) is 0. The molecule has 0 bridgehead atoms. The third-order valence-corrected chi connectivity index (χ3v) is 4.78. The number of urea groups is 1. The number of carbonyl (C=O) groups is 1. The van der Waals surface area contributed by atoms with Crippen LogP contribution in [0.5, 0.6) is 0 Å². The van der Waals surface area contributed by atoms with Crippen LogP contribution in [0, 0.1) is 0 Å². The van der Waals surface area contributed by atoms with Crippen molar-refractivity contribution in [3.05, 3.63) is 21.3 Å². The Morgan fingerprint density at radius 3 is 2.84 bits per heavy atom. The molecule has 106 valence electrons. The molecule has 19 heavy (non-hydrogen) atoms. The average molecular weight is 302 g/mol. The number of nitrogens with one attached hydrogen (secondary N) is 1. The van der Waals surface area contributed by atoms with Crippen molar-refractivity contribution in [1.82, 2.24) is 15.1 Å². The van der Waals surface area contributed by atoms with Gasteiger partial charge in [0.05, 0.1) is 10.4 Å². The summed E-state index contributed by atoms with van der Waals surface area (Å²) in [6.07, 6.45) is 1.03. The molecule has 2 heterocycles. The first-order chi connectivity index (χ1) is 9.06. The molecule has 1 saturated heterocycles. The quantitative estimate of drug-likeness (QED) is 0.912. The summed E-state index contributed by atoms with van der Waals surface area (Å²) in [7, 11) is 2.09. The summed E-state index contributed by atoms with van der Waals surface area (Å²) >= 11 is 7.43. The van der Waals surface area contributed by atoms with E-state index in [4.69, 9.17) is 11.6 Å². The van der Waals surface area contributed by atoms with Crippen LogP contribution >= 0.6 is 22.9 Å². The smallest absolute Gasteiger partial charge is 0.317 e. The van der Waals surface area contributed by atoms with Gasteiger partial charge in [0.25, 0.3) is 0 Å². The van der Waals surface area contributed by atoms with Crippen LogP contribution in [0.1, 0.15) is 24.3 Å². The minimum Gasteiger partial charge on any atom is -0.331 e. The van der Waals surface area contributed by atoms with Gasteiger partial charge in [-0.1, -0.05) is 11.6 Å². The number of carbonyl (C=O) groups excluding carboxylic acids is 1. The Balaban J connectivity index is 1.89. The van der Waals surface area contributed by atoms with Crippen LogP contribution in [0.15, 0.2) is 12.1 Å². The van der Waals surface area contributed by atoms with E-state index in [9.17, 15) is 4.79 Å². The molecule has 0 radical (unpaired) electrons. The van der Waals surface area contributed by atoms with Gasteiger partial charge in [-0.25, -0.2) is 4.79 Å². The first-order valence-electron chi connectivity index (χ1n) is 6.55. The molecule has 0 unspecified atom stereocenters. The van der Waals surface area contributed by atoms with Gasteiger partial charge in [-0.15, -0.1) is 11.3 Å². The van der Waals surface area contributed by atoms with Crippen molar-refractivity contribution in [2.24, 2.45) is 0 Å². The Kier molecular flexibility index (Phi) is 5.07. The zero-order valence-corrected chi connectivity index (χ0v) is 12.9. The van der Waals surface area contributed by atoms with Crippen molar-refractivity contribution in [2.45, 2.75) is 19.4 Å². The van der Waals surface area contributed by atoms with E-state index in [1.807, 2.05) is 24.0 Å². The van der Waals surface area contributed by atoms with Crippen molar-refractivity contribution >= 4 is 29.0 Å². The third-order valence-electron chi connectivity index (χ3n) is 3.37. The summed E-state index contributed by atoms with van der Waals surface area (Å²) in [4.78, 5) is 17.5. The third kappa shape index (κ3) is 4.09. The van der Waals surface area contributed by atoms with Gasteiger partial charge in [0, 0.05) is 24.5 Å². The van der Waals surface area contributed by atoms with Gasteiger partial charge in [0.15, 0.2) is 0 Å². The van der Waals surface area contributed by atoms with Crippen LogP contribution in [0.25, 0.3) is 0 Å². The number of hydrogen-bond acceptors (Lipinski definition) is 3. The minimum absolute atomic E-state index is 0.00554. The van der Waals surface area contributed by atoms with Gasteiger partial charge in [0.1, 0.15) is 0 Å². The topological polar surface area (TPSA) is 35.6 Å². The molecule has 6 heteroatoms. The van der Waals surface area contributed by atoms with Gasteiger partial charge in [0.2, 0.25) is 0 Å². The number of amides is 2. The maximum absolute atomic E-state index is 12.2. The van der Waals surface area contributed by atoms with Crippen LogP contribution in [0.2, 0.25) is 4.34 Å². The Hall–Kier alpha value is -0.780. The van der Waals surface area contributed by atoms with Gasteiger partial charge in [-0.2, -0.15) is 0 Å². The highest BCUT2D eigenvalue weighted by molar-refractivity contribution is 7.16. The second kappa shape index (κ2) is 6.59. The molecule has 1 N–H and O–H groups in total. The average Bonchev–Trinajstić information content (AvgIpc) is 2.68. The molecule has 2 amide bonds. The summed E-state index contributed by atoms with van der Waals surface area (Å²) < 4.78 is 0.757. The van der Waals surface area contributed by atoms with E-state index in [2.05, 4.69) is 17.3 Å². The fourth-order valence-electron chi connectivity index (χ4n) is 2.16. The second-order valence-corrected chi connectivity index (χ2v) is 6.70. The van der Waals surface area contributed by atoms with Gasteiger partial charge in [-0.05, 0) is 39.1 Å². The molecule has 4 nitrogen and oxygen atoms in total. The fraction of sp³-hybridized carbons (Fsp3) is 0.615. The number of rotatable bonds is 2. The van der Waals surface area contributed by atoms with Gasteiger partial charge in [-0.3, -0.25) is 0 Å². The normalized spacial score (nSPS) is 19.0. The Bertz CT molecular complexity index is 437. The fourth-order valence-corrected chi connectivity index (χ4v) is 3.22. The number of hydrogen-bond donors (Lipinski definition) is 1. The van der Waals surface area contributed by atoms with Crippen molar-refractivity contribution in [2.75, 3.05) is 33.2 Å². The minimum atomic E-state index is 0.00554. The molecular weight excluding hydrogens is 282 g/mol. The molecule has 1 aliphatic rings. The molecule has 1 aromatic heterocycles. The first kappa shape index (κ1) is 14.6. The standard InChI is InChI=1S/C13H20ClN3OS/c1-10(11-4-5-12(14)19-11)15-13(18)17-7-3-6-16(2)8-9-17/h4-5,10H,3,6-9H2,1-2H3,(H,15,18)/t10-/m1/s1. The van der Waals surface area contributed by atoms with Crippen LogP contribution in [0.3, 0.4) is 0 Å². The predicted molar refractivity (Wildman–Crippen MR) is 80.0 cm³/mol. The Labute approximate surface area is 123 Å². The second-order valence-electron chi connectivity index (χ2n) is 4.96. The van der Waals surface area contributed by atoms with E-state index in [-0.39, 0.29) is 12.1 Å². The van der Waals surface area contributed by atoms with E-state index in [0.717, 1.165) is 41.8 Å². The summed E-state index contributed by atoms with van der Waals surface area (Å²) in [5, 5.41) is 3.04. The monoisotopic (exact) mass is 301 g/mol. The van der Waals surface area contributed by atoms with Crippen molar-refractivity contribution in [1.29, 1.82) is 0 Å². The maximum Gasteiger partial charge on any atom is 0.317 e. The van der Waals surface area contributed by atoms with Crippen LogP contribution in [0.4, 0.5) is 4.79 Å². The lowest BCUT2D eigenvalue weighted by Gasteiger charge is -2.23. The largest absolute Gasteiger partial charge is 0.331 e. The van der Waals surface area contributed by atoms with Crippen LogP contribution in [-0.2, 0) is 0 Å². The van der Waals surface area contributed by atoms with E-state index >= 15 is 0 Å². The lowest BCUT2D eigenvalue weighted by molar-refractivity contribution is 0.196. The summed E-state index contributed by atoms with van der Waals surface area (Å²) in [5.41, 5.74) is 0. The first-order valence-corrected chi connectivity index (χ1v) is 7.75. The summed E-state index contributed by atoms with van der Waals surface area (Å²) in [6.45, 7) is 5.60. The zero-order valence-electron chi connectivity index (χ0n) is 11.4. The Morgan fingerprint density at radius 2 is 2.16 bits per heavy atom. The number of likely N-dealkylation sites (N-methyl/N-ethyl adjacent to an activating group) is 1. The van der Waals surface area contributed by atoms with Crippen LogP contribution in [-0.4, -0.2) is 49.1 Å². The maximum atomic E-state index is 12.2. The summed E-state index contributed by atoms with van der Waals surface area (Å²) in [6, 6.07) is 3.86. The highest BCUT2D eigenvalue weighted by Crippen LogP contribution is 2.26. The number of thiophene rings is 1. The van der Waals surface area contributed by atoms with Crippen molar-refractivity contribution in [3.63, 3.8) is 0 Å². The van der Waals surface area contributed by atoms with E-state index < -0.39 is 0 Å². The lowest BCUT2D eigenvalue weighted by Crippen LogP contribution is -2.42. The zero-order chi connectivity index (χ0) is 13.8. The molecular formula is C13H20ClN3OS. The molecule has 0 aromatic carbocycles. The van der Waals surface area contributed by atoms with Crippen molar-refractivity contribution < 1.29 is 4.79 Å². The highest BCUT2D eigenvalue weighted by Gasteiger charge is 2.19. The van der Waals surface area contributed by atoms with E-state index in [1.165, 1.54) is 11.3 Å². The number of nitrogens with zero attached hydrogens (tertiary/aromatic N) is 2. The SMILES string of the molecule is C[C@@H](NC(=O)N1CCCN(C)CC1)c1ccc(Cl)s1. The molecule has 1 fully saturated rings. The van der Waals surface area contributed by atoms with Gasteiger partial charge >= 0.3 is 6.03 Å². The van der Waals surface area contributed by atoms with Crippen molar-refractivity contribution in [3.8, 4) is 0 Å². The molecule has 2 rings (SSSR count).